The summed E-state index contributed by atoms with van der Waals surface area (Å²) in [7, 11) is 0. The Bertz CT molecular complexity index is 1110. The van der Waals surface area contributed by atoms with Gasteiger partial charge in [0, 0.05) is 29.6 Å². The van der Waals surface area contributed by atoms with E-state index in [1.807, 2.05) is 50.2 Å². The van der Waals surface area contributed by atoms with E-state index in [-0.39, 0.29) is 30.8 Å². The van der Waals surface area contributed by atoms with Gasteiger partial charge < -0.3 is 10.2 Å². The van der Waals surface area contributed by atoms with Gasteiger partial charge in [-0.3, -0.25) is 9.59 Å². The van der Waals surface area contributed by atoms with Gasteiger partial charge in [0.1, 0.15) is 11.9 Å². The Hall–Kier alpha value is -3.18. The molecule has 0 aliphatic heterocycles. The maximum absolute atomic E-state index is 14.6. The summed E-state index contributed by atoms with van der Waals surface area (Å²) in [5, 5.41) is 3.54. The highest BCUT2D eigenvalue weighted by atomic mass is 35.5. The van der Waals surface area contributed by atoms with Crippen molar-refractivity contribution >= 4 is 23.4 Å². The molecule has 3 aromatic rings. The zero-order valence-electron chi connectivity index (χ0n) is 19.5. The summed E-state index contributed by atoms with van der Waals surface area (Å²) < 4.78 is 14.6. The van der Waals surface area contributed by atoms with Gasteiger partial charge in [0.25, 0.3) is 0 Å². The number of nitrogens with one attached hydrogen (secondary N) is 1. The molecule has 0 radical (unpaired) electrons. The minimum absolute atomic E-state index is 0.0164. The lowest BCUT2D eigenvalue weighted by Crippen LogP contribution is -2.52. The molecule has 3 aromatic carbocycles. The van der Waals surface area contributed by atoms with Gasteiger partial charge in [0.15, 0.2) is 0 Å². The van der Waals surface area contributed by atoms with Gasteiger partial charge in [0.2, 0.25) is 11.8 Å². The van der Waals surface area contributed by atoms with Crippen LogP contribution in [0.3, 0.4) is 0 Å². The number of carbonyl (C=O) groups excluding carboxylic acids is 2. The number of carbonyl (C=O) groups is 2. The van der Waals surface area contributed by atoms with Crippen LogP contribution in [0.4, 0.5) is 4.39 Å². The number of rotatable bonds is 10. The minimum atomic E-state index is -0.803. The fourth-order valence-corrected chi connectivity index (χ4v) is 3.94. The predicted molar refractivity (Wildman–Crippen MR) is 134 cm³/mol. The number of halogens is 2. The molecule has 0 aliphatic rings. The molecule has 0 aromatic heterocycles. The highest BCUT2D eigenvalue weighted by Crippen LogP contribution is 2.19. The Morgan fingerprint density at radius 2 is 1.65 bits per heavy atom. The van der Waals surface area contributed by atoms with Gasteiger partial charge in [-0.15, -0.1) is 0 Å². The van der Waals surface area contributed by atoms with E-state index in [2.05, 4.69) is 5.32 Å². The summed E-state index contributed by atoms with van der Waals surface area (Å²) in [5.41, 5.74) is 2.01. The largest absolute Gasteiger partial charge is 0.352 e. The topological polar surface area (TPSA) is 49.4 Å². The quantitative estimate of drug-likeness (QED) is 0.412. The standard InChI is InChI=1S/C28H30ClFN2O2/c1-3-20(2)31-28(34)26(17-21-10-5-4-6-11-21)32(19-23-13-7-8-15-25(23)30)27(33)18-22-12-9-14-24(29)16-22/h4-16,20,26H,3,17-19H2,1-2H3,(H,31,34)/t20-,26+/m1/s1. The lowest BCUT2D eigenvalue weighted by atomic mass is 10.0. The van der Waals surface area contributed by atoms with Crippen LogP contribution in [0, 0.1) is 5.82 Å². The zero-order chi connectivity index (χ0) is 24.5. The van der Waals surface area contributed by atoms with Crippen LogP contribution in [-0.4, -0.2) is 28.8 Å². The first kappa shape index (κ1) is 25.4. The van der Waals surface area contributed by atoms with Crippen molar-refractivity contribution in [3.8, 4) is 0 Å². The third kappa shape index (κ3) is 7.16. The maximum atomic E-state index is 14.6. The van der Waals surface area contributed by atoms with Gasteiger partial charge in [-0.05, 0) is 42.7 Å². The summed E-state index contributed by atoms with van der Waals surface area (Å²) in [6, 6.07) is 22.1. The average molecular weight is 481 g/mol. The SMILES string of the molecule is CC[C@@H](C)NC(=O)[C@H](Cc1ccccc1)N(Cc1ccccc1F)C(=O)Cc1cccc(Cl)c1. The lowest BCUT2D eigenvalue weighted by molar-refractivity contribution is -0.141. The fraction of sp³-hybridized carbons (Fsp3) is 0.286. The summed E-state index contributed by atoms with van der Waals surface area (Å²) in [6.07, 6.45) is 1.13. The third-order valence-electron chi connectivity index (χ3n) is 5.82. The second-order valence-electron chi connectivity index (χ2n) is 8.44. The minimum Gasteiger partial charge on any atom is -0.352 e. The first-order valence-electron chi connectivity index (χ1n) is 11.5. The van der Waals surface area contributed by atoms with Gasteiger partial charge in [-0.2, -0.15) is 0 Å². The van der Waals surface area contributed by atoms with Gasteiger partial charge in [-0.25, -0.2) is 4.39 Å². The second kappa shape index (κ2) is 12.3. The summed E-state index contributed by atoms with van der Waals surface area (Å²) >= 11 is 6.11. The Balaban J connectivity index is 1.98. The molecule has 0 heterocycles. The molecular formula is C28H30ClFN2O2. The molecule has 34 heavy (non-hydrogen) atoms. The zero-order valence-corrected chi connectivity index (χ0v) is 20.3. The van der Waals surface area contributed by atoms with E-state index in [1.54, 1.807) is 36.4 Å². The highest BCUT2D eigenvalue weighted by Gasteiger charge is 2.31. The van der Waals surface area contributed by atoms with E-state index in [0.717, 1.165) is 17.5 Å². The van der Waals surface area contributed by atoms with Crippen molar-refractivity contribution in [3.05, 3.63) is 106 Å². The first-order valence-corrected chi connectivity index (χ1v) is 11.9. The molecule has 0 saturated heterocycles. The monoisotopic (exact) mass is 480 g/mol. The number of amides is 2. The normalized spacial score (nSPS) is 12.6. The van der Waals surface area contributed by atoms with Crippen LogP contribution in [0.2, 0.25) is 5.02 Å². The highest BCUT2D eigenvalue weighted by molar-refractivity contribution is 6.30. The van der Waals surface area contributed by atoms with E-state index in [9.17, 15) is 14.0 Å². The maximum Gasteiger partial charge on any atom is 0.243 e. The van der Waals surface area contributed by atoms with Gasteiger partial charge in [0.05, 0.1) is 6.42 Å². The first-order chi connectivity index (χ1) is 16.4. The molecule has 1 N–H and O–H groups in total. The lowest BCUT2D eigenvalue weighted by Gasteiger charge is -2.32. The molecule has 0 fully saturated rings. The molecule has 4 nitrogen and oxygen atoms in total. The second-order valence-corrected chi connectivity index (χ2v) is 8.88. The van der Waals surface area contributed by atoms with Crippen molar-refractivity contribution < 1.29 is 14.0 Å². The molecule has 2 amide bonds. The van der Waals surface area contributed by atoms with Crippen molar-refractivity contribution in [2.24, 2.45) is 0 Å². The van der Waals surface area contributed by atoms with Crippen molar-refractivity contribution in [3.63, 3.8) is 0 Å². The molecule has 0 aliphatic carbocycles. The Labute approximate surface area is 205 Å². The average Bonchev–Trinajstić information content (AvgIpc) is 2.82. The van der Waals surface area contributed by atoms with Gasteiger partial charge in [-0.1, -0.05) is 79.2 Å². The van der Waals surface area contributed by atoms with Gasteiger partial charge >= 0.3 is 0 Å². The number of nitrogens with zero attached hydrogens (tertiary/aromatic N) is 1. The van der Waals surface area contributed by atoms with Crippen LogP contribution in [-0.2, 0) is 29.0 Å². The third-order valence-corrected chi connectivity index (χ3v) is 6.05. The summed E-state index contributed by atoms with van der Waals surface area (Å²) in [5.74, 6) is -0.941. The van der Waals surface area contributed by atoms with E-state index < -0.39 is 11.9 Å². The van der Waals surface area contributed by atoms with E-state index in [4.69, 9.17) is 11.6 Å². The fourth-order valence-electron chi connectivity index (χ4n) is 3.73. The number of hydrogen-bond donors (Lipinski definition) is 1. The van der Waals surface area contributed by atoms with E-state index in [0.29, 0.717) is 17.0 Å². The molecule has 2 atom stereocenters. The van der Waals surface area contributed by atoms with Crippen LogP contribution in [0.25, 0.3) is 0 Å². The molecular weight excluding hydrogens is 451 g/mol. The Morgan fingerprint density at radius 3 is 2.32 bits per heavy atom. The molecule has 0 spiro atoms. The van der Waals surface area contributed by atoms with E-state index in [1.165, 1.54) is 11.0 Å². The summed E-state index contributed by atoms with van der Waals surface area (Å²) in [6.45, 7) is 3.89. The number of benzene rings is 3. The van der Waals surface area contributed by atoms with Crippen LogP contribution >= 0.6 is 11.6 Å². The van der Waals surface area contributed by atoms with Crippen LogP contribution < -0.4 is 5.32 Å². The van der Waals surface area contributed by atoms with Crippen molar-refractivity contribution in [2.45, 2.75) is 51.7 Å². The smallest absolute Gasteiger partial charge is 0.243 e. The number of hydrogen-bond acceptors (Lipinski definition) is 2. The Morgan fingerprint density at radius 1 is 0.971 bits per heavy atom. The summed E-state index contributed by atoms with van der Waals surface area (Å²) in [4.78, 5) is 28.5. The van der Waals surface area contributed by atoms with Crippen LogP contribution in [0.15, 0.2) is 78.9 Å². The van der Waals surface area contributed by atoms with Crippen molar-refractivity contribution in [1.82, 2.24) is 10.2 Å². The molecule has 178 valence electrons. The van der Waals surface area contributed by atoms with Crippen molar-refractivity contribution in [1.29, 1.82) is 0 Å². The molecule has 0 unspecified atom stereocenters. The predicted octanol–water partition coefficient (Wildman–Crippen LogP) is 5.58. The molecule has 0 saturated carbocycles. The van der Waals surface area contributed by atoms with Crippen molar-refractivity contribution in [2.75, 3.05) is 0 Å². The van der Waals surface area contributed by atoms with Crippen LogP contribution in [0.5, 0.6) is 0 Å². The molecule has 6 heteroatoms. The van der Waals surface area contributed by atoms with Crippen LogP contribution in [0.1, 0.15) is 37.0 Å². The molecule has 0 bridgehead atoms. The van der Waals surface area contributed by atoms with E-state index >= 15 is 0 Å². The Kier molecular flexibility index (Phi) is 9.23. The molecule has 3 rings (SSSR count).